The van der Waals surface area contributed by atoms with Gasteiger partial charge in [0, 0.05) is 43.9 Å². The van der Waals surface area contributed by atoms with Crippen molar-refractivity contribution in [1.29, 1.82) is 0 Å². The summed E-state index contributed by atoms with van der Waals surface area (Å²) in [5.41, 5.74) is 6.27. The van der Waals surface area contributed by atoms with Gasteiger partial charge in [-0.3, -0.25) is 4.79 Å². The van der Waals surface area contributed by atoms with E-state index in [9.17, 15) is 4.79 Å². The van der Waals surface area contributed by atoms with E-state index in [4.69, 9.17) is 5.73 Å². The van der Waals surface area contributed by atoms with Crippen LogP contribution in [0.1, 0.15) is 31.9 Å². The molecule has 108 valence electrons. The Hall–Kier alpha value is -2.11. The molecule has 0 unspecified atom stereocenters. The molecule has 0 fully saturated rings. The second-order valence-corrected chi connectivity index (χ2v) is 4.72. The summed E-state index contributed by atoms with van der Waals surface area (Å²) in [5.74, 6) is 1.88. The van der Waals surface area contributed by atoms with Crippen LogP contribution >= 0.6 is 0 Å². The highest BCUT2D eigenvalue weighted by molar-refractivity contribution is 5.33. The van der Waals surface area contributed by atoms with Gasteiger partial charge in [-0.25, -0.2) is 9.67 Å². The molecule has 0 aliphatic carbocycles. The van der Waals surface area contributed by atoms with Crippen molar-refractivity contribution in [2.45, 2.75) is 46.2 Å². The maximum absolute atomic E-state index is 11.7. The Kier molecular flexibility index (Phi) is 4.55. The van der Waals surface area contributed by atoms with Gasteiger partial charge in [0.15, 0.2) is 5.82 Å². The van der Waals surface area contributed by atoms with Crippen molar-refractivity contribution in [2.75, 3.05) is 5.73 Å². The molecule has 2 heterocycles. The fraction of sp³-hybridized carbons (Fsp3) is 0.500. The summed E-state index contributed by atoms with van der Waals surface area (Å²) in [6.45, 7) is 5.51. The zero-order valence-corrected chi connectivity index (χ0v) is 12.0. The van der Waals surface area contributed by atoms with Crippen molar-refractivity contribution in [2.24, 2.45) is 0 Å². The third-order valence-corrected chi connectivity index (χ3v) is 3.20. The Morgan fingerprint density at radius 2 is 2.00 bits per heavy atom. The minimum atomic E-state index is -0.0252. The molecular weight excluding hydrogens is 254 g/mol. The summed E-state index contributed by atoms with van der Waals surface area (Å²) < 4.78 is 3.58. The lowest BCUT2D eigenvalue weighted by Crippen LogP contribution is -2.20. The summed E-state index contributed by atoms with van der Waals surface area (Å²) in [4.78, 5) is 16.1. The predicted octanol–water partition coefficient (Wildman–Crippen LogP) is 1.24. The van der Waals surface area contributed by atoms with E-state index in [1.165, 1.54) is 6.07 Å². The largest absolute Gasteiger partial charge is 0.398 e. The maximum Gasteiger partial charge on any atom is 0.250 e. The number of hydrogen-bond donors (Lipinski definition) is 1. The van der Waals surface area contributed by atoms with Crippen molar-refractivity contribution < 1.29 is 0 Å². The van der Waals surface area contributed by atoms with Crippen LogP contribution in [0.25, 0.3) is 0 Å². The SMILES string of the molecule is CCc1nc(CC)n(CCCn2cc(N)ccc2=O)n1. The highest BCUT2D eigenvalue weighted by atomic mass is 16.1. The number of aryl methyl sites for hydroxylation is 4. The molecule has 0 aliphatic heterocycles. The number of nitrogens with zero attached hydrogens (tertiary/aromatic N) is 4. The van der Waals surface area contributed by atoms with Crippen LogP contribution in [0.2, 0.25) is 0 Å². The molecule has 0 amide bonds. The monoisotopic (exact) mass is 275 g/mol. The van der Waals surface area contributed by atoms with Crippen molar-refractivity contribution in [1.82, 2.24) is 19.3 Å². The fourth-order valence-corrected chi connectivity index (χ4v) is 2.13. The highest BCUT2D eigenvalue weighted by Gasteiger charge is 2.06. The highest BCUT2D eigenvalue weighted by Crippen LogP contribution is 2.03. The fourth-order valence-electron chi connectivity index (χ4n) is 2.13. The van der Waals surface area contributed by atoms with Crippen molar-refractivity contribution >= 4 is 5.69 Å². The van der Waals surface area contributed by atoms with Gasteiger partial charge in [-0.1, -0.05) is 13.8 Å². The molecule has 2 aromatic heterocycles. The van der Waals surface area contributed by atoms with Gasteiger partial charge in [0.05, 0.1) is 0 Å². The third kappa shape index (κ3) is 3.26. The Balaban J connectivity index is 2.00. The molecule has 20 heavy (non-hydrogen) atoms. The number of rotatable bonds is 6. The van der Waals surface area contributed by atoms with Crippen LogP contribution in [0.3, 0.4) is 0 Å². The maximum atomic E-state index is 11.7. The Morgan fingerprint density at radius 3 is 2.70 bits per heavy atom. The predicted molar refractivity (Wildman–Crippen MR) is 78.5 cm³/mol. The van der Waals surface area contributed by atoms with Gasteiger partial charge in [-0.05, 0) is 12.5 Å². The molecular formula is C14H21N5O. The van der Waals surface area contributed by atoms with Crippen LogP contribution in [-0.4, -0.2) is 19.3 Å². The summed E-state index contributed by atoms with van der Waals surface area (Å²) in [5, 5.41) is 4.46. The molecule has 0 bridgehead atoms. The summed E-state index contributed by atoms with van der Waals surface area (Å²) in [6.07, 6.45) is 4.21. The lowest BCUT2D eigenvalue weighted by atomic mass is 10.3. The lowest BCUT2D eigenvalue weighted by Gasteiger charge is -2.07. The van der Waals surface area contributed by atoms with Gasteiger partial charge in [0.2, 0.25) is 0 Å². The first-order valence-electron chi connectivity index (χ1n) is 7.02. The van der Waals surface area contributed by atoms with Crippen LogP contribution in [-0.2, 0) is 25.9 Å². The van der Waals surface area contributed by atoms with Gasteiger partial charge < -0.3 is 10.3 Å². The van der Waals surface area contributed by atoms with E-state index in [-0.39, 0.29) is 5.56 Å². The first-order valence-corrected chi connectivity index (χ1v) is 7.02. The first kappa shape index (κ1) is 14.3. The van der Waals surface area contributed by atoms with Crippen LogP contribution < -0.4 is 11.3 Å². The van der Waals surface area contributed by atoms with Crippen molar-refractivity contribution in [3.8, 4) is 0 Å². The molecule has 0 saturated carbocycles. The Bertz CT molecular complexity index is 629. The molecule has 6 nitrogen and oxygen atoms in total. The molecule has 2 rings (SSSR count). The average molecular weight is 275 g/mol. The van der Waals surface area contributed by atoms with Gasteiger partial charge >= 0.3 is 0 Å². The normalized spacial score (nSPS) is 10.9. The first-order chi connectivity index (χ1) is 9.63. The van der Waals surface area contributed by atoms with E-state index in [2.05, 4.69) is 17.0 Å². The Labute approximate surface area is 118 Å². The molecule has 2 N–H and O–H groups in total. The van der Waals surface area contributed by atoms with E-state index in [1.807, 2.05) is 11.6 Å². The quantitative estimate of drug-likeness (QED) is 0.860. The van der Waals surface area contributed by atoms with E-state index >= 15 is 0 Å². The Morgan fingerprint density at radius 1 is 1.20 bits per heavy atom. The van der Waals surface area contributed by atoms with Crippen LogP contribution in [0, 0.1) is 0 Å². The van der Waals surface area contributed by atoms with Gasteiger partial charge in [0.1, 0.15) is 5.82 Å². The molecule has 0 aliphatic rings. The zero-order chi connectivity index (χ0) is 14.5. The molecule has 6 heteroatoms. The van der Waals surface area contributed by atoms with Gasteiger partial charge in [-0.15, -0.1) is 0 Å². The van der Waals surface area contributed by atoms with Crippen LogP contribution in [0.4, 0.5) is 5.69 Å². The van der Waals surface area contributed by atoms with Gasteiger partial charge in [0.25, 0.3) is 5.56 Å². The zero-order valence-electron chi connectivity index (χ0n) is 12.0. The summed E-state index contributed by atoms with van der Waals surface area (Å²) >= 11 is 0. The molecule has 0 radical (unpaired) electrons. The minimum Gasteiger partial charge on any atom is -0.398 e. The topological polar surface area (TPSA) is 78.7 Å². The molecule has 0 spiro atoms. The molecule has 0 atom stereocenters. The number of nitrogen functional groups attached to an aromatic ring is 1. The second kappa shape index (κ2) is 6.36. The minimum absolute atomic E-state index is 0.0252. The number of hydrogen-bond acceptors (Lipinski definition) is 4. The standard InChI is InChI=1S/C14H21N5O/c1-3-12-16-13(4-2)19(17-12)9-5-8-18-10-11(15)6-7-14(18)20/h6-7,10H,3-5,8-9,15H2,1-2H3. The lowest BCUT2D eigenvalue weighted by molar-refractivity contribution is 0.503. The van der Waals surface area contributed by atoms with Crippen molar-refractivity contribution in [3.05, 3.63) is 40.3 Å². The van der Waals surface area contributed by atoms with Crippen LogP contribution in [0.15, 0.2) is 23.1 Å². The second-order valence-electron chi connectivity index (χ2n) is 4.72. The van der Waals surface area contributed by atoms with Crippen LogP contribution in [0.5, 0.6) is 0 Å². The van der Waals surface area contributed by atoms with Gasteiger partial charge in [-0.2, -0.15) is 5.10 Å². The van der Waals surface area contributed by atoms with E-state index in [0.717, 1.165) is 37.5 Å². The molecule has 0 aromatic carbocycles. The van der Waals surface area contributed by atoms with E-state index < -0.39 is 0 Å². The van der Waals surface area contributed by atoms with E-state index in [1.54, 1.807) is 16.8 Å². The summed E-state index contributed by atoms with van der Waals surface area (Å²) in [7, 11) is 0. The molecule has 2 aromatic rings. The summed E-state index contributed by atoms with van der Waals surface area (Å²) in [6, 6.07) is 3.12. The number of pyridine rings is 1. The number of nitrogens with two attached hydrogens (primary N) is 1. The smallest absolute Gasteiger partial charge is 0.250 e. The third-order valence-electron chi connectivity index (χ3n) is 3.20. The number of aromatic nitrogens is 4. The van der Waals surface area contributed by atoms with E-state index in [0.29, 0.717) is 12.2 Å². The van der Waals surface area contributed by atoms with Crippen molar-refractivity contribution in [3.63, 3.8) is 0 Å². The molecule has 0 saturated heterocycles. The number of anilines is 1. The average Bonchev–Trinajstić information content (AvgIpc) is 2.85.